The number of alkyl halides is 2. The van der Waals surface area contributed by atoms with Gasteiger partial charge in [-0.1, -0.05) is 24.1 Å². The normalized spacial score (nSPS) is 23.3. The average molecular weight is 503 g/mol. The quantitative estimate of drug-likeness (QED) is 0.537. The number of urea groups is 1. The lowest BCUT2D eigenvalue weighted by Crippen LogP contribution is -2.65. The molecule has 0 bridgehead atoms. The molecule has 4 fully saturated rings. The molecule has 5 rings (SSSR count). The summed E-state index contributed by atoms with van der Waals surface area (Å²) >= 11 is 0. The number of halogens is 3. The second-order valence-corrected chi connectivity index (χ2v) is 11.2. The predicted octanol–water partition coefficient (Wildman–Crippen LogP) is 3.31. The summed E-state index contributed by atoms with van der Waals surface area (Å²) < 4.78 is 44.0. The fourth-order valence-corrected chi connectivity index (χ4v) is 5.52. The molecule has 4 aliphatic rings. The summed E-state index contributed by atoms with van der Waals surface area (Å²) in [5.74, 6) is -2.38. The maximum Gasteiger partial charge on any atom is 0.318 e. The zero-order valence-corrected chi connectivity index (χ0v) is 20.4. The maximum absolute atomic E-state index is 15.0. The van der Waals surface area contributed by atoms with Crippen LogP contribution in [-0.4, -0.2) is 71.5 Å². The minimum Gasteiger partial charge on any atom is -0.338 e. The van der Waals surface area contributed by atoms with E-state index in [1.807, 2.05) is 0 Å². The van der Waals surface area contributed by atoms with E-state index in [1.54, 1.807) is 4.90 Å². The van der Waals surface area contributed by atoms with Crippen LogP contribution in [0.4, 0.5) is 18.0 Å². The van der Waals surface area contributed by atoms with Gasteiger partial charge in [-0.15, -0.1) is 6.42 Å². The van der Waals surface area contributed by atoms with E-state index in [-0.39, 0.29) is 11.0 Å². The number of likely N-dealkylation sites (tertiary alicyclic amines) is 2. The lowest BCUT2D eigenvalue weighted by atomic mass is 9.72. The number of benzene rings is 1. The Morgan fingerprint density at radius 2 is 1.81 bits per heavy atom. The number of carbonyl (C=O) groups is 2. The first-order valence-corrected chi connectivity index (χ1v) is 12.8. The van der Waals surface area contributed by atoms with Crippen LogP contribution in [0.1, 0.15) is 50.5 Å². The summed E-state index contributed by atoms with van der Waals surface area (Å²) in [6, 6.07) is 4.04. The molecule has 2 saturated carbocycles. The first kappa shape index (κ1) is 24.9. The Morgan fingerprint density at radius 3 is 2.39 bits per heavy atom. The van der Waals surface area contributed by atoms with Gasteiger partial charge in [0.25, 0.3) is 5.92 Å². The van der Waals surface area contributed by atoms with Crippen molar-refractivity contribution in [2.45, 2.75) is 74.9 Å². The highest BCUT2D eigenvalue weighted by atomic mass is 19.3. The monoisotopic (exact) mass is 502 g/mol. The highest BCUT2D eigenvalue weighted by Gasteiger charge is 2.50. The highest BCUT2D eigenvalue weighted by Crippen LogP contribution is 2.43. The van der Waals surface area contributed by atoms with E-state index < -0.39 is 48.1 Å². The molecule has 6 nitrogen and oxygen atoms in total. The number of amides is 3. The molecular weight excluding hydrogens is 469 g/mol. The molecule has 36 heavy (non-hydrogen) atoms. The highest BCUT2D eigenvalue weighted by molar-refractivity contribution is 5.88. The molecule has 1 aromatic carbocycles. The number of piperidine rings is 1. The fourth-order valence-electron chi connectivity index (χ4n) is 5.52. The van der Waals surface area contributed by atoms with Gasteiger partial charge in [0, 0.05) is 37.4 Å². The van der Waals surface area contributed by atoms with Crippen LogP contribution in [-0.2, 0) is 11.2 Å². The van der Waals surface area contributed by atoms with E-state index in [0.29, 0.717) is 25.9 Å². The molecule has 0 radical (unpaired) electrons. The Balaban J connectivity index is 1.21. The van der Waals surface area contributed by atoms with E-state index in [9.17, 15) is 14.0 Å². The minimum absolute atomic E-state index is 0.0802. The molecular formula is C27H33F3N4O2. The summed E-state index contributed by atoms with van der Waals surface area (Å²) in [5.41, 5.74) is -0.897. The molecule has 2 N–H and O–H groups in total. The van der Waals surface area contributed by atoms with Crippen molar-refractivity contribution >= 4 is 11.9 Å². The molecule has 0 aromatic heterocycles. The van der Waals surface area contributed by atoms with Crippen LogP contribution in [0.25, 0.3) is 0 Å². The molecule has 0 unspecified atom stereocenters. The lowest BCUT2D eigenvalue weighted by Gasteiger charge is -2.54. The van der Waals surface area contributed by atoms with Crippen molar-refractivity contribution in [3.63, 3.8) is 0 Å². The summed E-state index contributed by atoms with van der Waals surface area (Å²) in [5, 5.41) is 5.18. The van der Waals surface area contributed by atoms with Gasteiger partial charge in [0.2, 0.25) is 5.91 Å². The number of terminal acetylenes is 1. The molecule has 2 aliphatic heterocycles. The average Bonchev–Trinajstić information content (AvgIpc) is 3.74. The number of carbonyl (C=O) groups excluding carboxylic acids is 2. The van der Waals surface area contributed by atoms with Gasteiger partial charge in [0.1, 0.15) is 17.4 Å². The standard InChI is InChI=1S/C27H33F3N4O2/c1-2-26(9-10-26)32-23(35)22(16-27(29,30)15-19-5-3-4-6-21(19)28)31-24(36)34-17-25(18-34)11-13-33(14-12-25)20-7-8-20/h1,3-6,20,22H,7-18H2,(H,31,36)(H,32,35)/t22-/m0/s1. The van der Waals surface area contributed by atoms with E-state index in [0.717, 1.165) is 38.0 Å². The third-order valence-electron chi connectivity index (χ3n) is 8.17. The molecule has 2 heterocycles. The third kappa shape index (κ3) is 5.49. The molecule has 2 saturated heterocycles. The third-order valence-corrected chi connectivity index (χ3v) is 8.17. The van der Waals surface area contributed by atoms with Gasteiger partial charge in [-0.3, -0.25) is 4.79 Å². The first-order chi connectivity index (χ1) is 17.1. The van der Waals surface area contributed by atoms with Gasteiger partial charge in [-0.05, 0) is 63.2 Å². The summed E-state index contributed by atoms with van der Waals surface area (Å²) in [4.78, 5) is 30.1. The summed E-state index contributed by atoms with van der Waals surface area (Å²) in [7, 11) is 0. The molecule has 9 heteroatoms. The van der Waals surface area contributed by atoms with E-state index >= 15 is 8.78 Å². The zero-order valence-electron chi connectivity index (χ0n) is 20.4. The molecule has 194 valence electrons. The molecule has 2 aliphatic carbocycles. The first-order valence-electron chi connectivity index (χ1n) is 12.8. The number of nitrogens with zero attached hydrogens (tertiary/aromatic N) is 2. The van der Waals surface area contributed by atoms with Crippen molar-refractivity contribution in [1.29, 1.82) is 0 Å². The van der Waals surface area contributed by atoms with Crippen LogP contribution < -0.4 is 10.6 Å². The zero-order chi connectivity index (χ0) is 25.6. The van der Waals surface area contributed by atoms with E-state index in [4.69, 9.17) is 6.42 Å². The lowest BCUT2D eigenvalue weighted by molar-refractivity contribution is -0.126. The van der Waals surface area contributed by atoms with Crippen molar-refractivity contribution in [3.05, 3.63) is 35.6 Å². The van der Waals surface area contributed by atoms with Crippen molar-refractivity contribution < 1.29 is 22.8 Å². The van der Waals surface area contributed by atoms with Crippen LogP contribution in [0.5, 0.6) is 0 Å². The number of nitrogens with one attached hydrogen (secondary N) is 2. The largest absolute Gasteiger partial charge is 0.338 e. The van der Waals surface area contributed by atoms with Crippen molar-refractivity contribution in [2.75, 3.05) is 26.2 Å². The Bertz CT molecular complexity index is 1050. The molecule has 1 aromatic rings. The van der Waals surface area contributed by atoms with Crippen molar-refractivity contribution in [1.82, 2.24) is 20.4 Å². The van der Waals surface area contributed by atoms with E-state index in [2.05, 4.69) is 21.5 Å². The van der Waals surface area contributed by atoms with Crippen LogP contribution in [0.2, 0.25) is 0 Å². The van der Waals surface area contributed by atoms with Crippen molar-refractivity contribution in [2.24, 2.45) is 5.41 Å². The smallest absolute Gasteiger partial charge is 0.318 e. The van der Waals surface area contributed by atoms with Gasteiger partial charge >= 0.3 is 6.03 Å². The molecule has 1 spiro atoms. The van der Waals surface area contributed by atoms with E-state index in [1.165, 1.54) is 31.0 Å². The maximum atomic E-state index is 15.0. The Morgan fingerprint density at radius 1 is 1.14 bits per heavy atom. The van der Waals surface area contributed by atoms with Gasteiger partial charge in [0.15, 0.2) is 0 Å². The summed E-state index contributed by atoms with van der Waals surface area (Å²) in [6.45, 7) is 3.18. The number of hydrogen-bond acceptors (Lipinski definition) is 3. The number of hydrogen-bond donors (Lipinski definition) is 2. The van der Waals surface area contributed by atoms with Crippen LogP contribution in [0.15, 0.2) is 24.3 Å². The topological polar surface area (TPSA) is 64.7 Å². The van der Waals surface area contributed by atoms with Gasteiger partial charge in [-0.2, -0.15) is 0 Å². The SMILES string of the molecule is C#CC1(NC(=O)[C@H](CC(F)(F)Cc2ccccc2F)NC(=O)N2CC3(CCN(C4CC4)CC3)C2)CC1. The summed E-state index contributed by atoms with van der Waals surface area (Å²) in [6.07, 6.45) is 9.38. The Kier molecular flexibility index (Phi) is 6.44. The van der Waals surface area contributed by atoms with Crippen molar-refractivity contribution in [3.8, 4) is 12.3 Å². The van der Waals surface area contributed by atoms with Crippen LogP contribution in [0, 0.1) is 23.6 Å². The van der Waals surface area contributed by atoms with Crippen LogP contribution >= 0.6 is 0 Å². The second kappa shape index (κ2) is 9.29. The predicted molar refractivity (Wildman–Crippen MR) is 129 cm³/mol. The Labute approximate surface area is 210 Å². The van der Waals surface area contributed by atoms with Crippen LogP contribution in [0.3, 0.4) is 0 Å². The van der Waals surface area contributed by atoms with Gasteiger partial charge in [-0.25, -0.2) is 18.0 Å². The fraction of sp³-hybridized carbons (Fsp3) is 0.630. The number of rotatable bonds is 8. The molecule has 3 amide bonds. The minimum atomic E-state index is -3.42. The second-order valence-electron chi connectivity index (χ2n) is 11.2. The Hall–Kier alpha value is -2.73. The van der Waals surface area contributed by atoms with Gasteiger partial charge < -0.3 is 20.4 Å². The molecule has 1 atom stereocenters. The van der Waals surface area contributed by atoms with Gasteiger partial charge in [0.05, 0.1) is 0 Å².